The van der Waals surface area contributed by atoms with E-state index in [1.54, 1.807) is 6.07 Å². The monoisotopic (exact) mass is 238 g/mol. The van der Waals surface area contributed by atoms with Crippen molar-refractivity contribution in [2.75, 3.05) is 11.9 Å². The Morgan fingerprint density at radius 2 is 2.24 bits per heavy atom. The zero-order valence-electron chi connectivity index (χ0n) is 10.4. The van der Waals surface area contributed by atoms with Gasteiger partial charge in [-0.15, -0.1) is 0 Å². The van der Waals surface area contributed by atoms with Crippen molar-refractivity contribution in [3.63, 3.8) is 0 Å². The largest absolute Gasteiger partial charge is 0.395 e. The molecule has 1 aliphatic carbocycles. The van der Waals surface area contributed by atoms with Gasteiger partial charge in [0.25, 0.3) is 0 Å². The highest BCUT2D eigenvalue weighted by atomic mass is 16.5. The van der Waals surface area contributed by atoms with Crippen molar-refractivity contribution in [2.45, 2.75) is 39.0 Å². The Bertz CT molecular complexity index is 427. The minimum atomic E-state index is -0.471. The number of nitrogens with zero attached hydrogens (tertiary/aromatic N) is 1. The first-order chi connectivity index (χ1) is 7.87. The Labute approximate surface area is 100 Å². The number of anilines is 1. The lowest BCUT2D eigenvalue weighted by molar-refractivity contribution is -0.123. The number of carbonyl (C=O) groups excluding carboxylic acids is 1. The highest BCUT2D eigenvalue weighted by Crippen LogP contribution is 2.47. The normalized spacial score (nSPS) is 17.9. The van der Waals surface area contributed by atoms with Gasteiger partial charge in [-0.3, -0.25) is 10.1 Å². The molecule has 0 bridgehead atoms. The Morgan fingerprint density at radius 1 is 1.59 bits per heavy atom. The molecule has 0 radical (unpaired) electrons. The first-order valence-electron chi connectivity index (χ1n) is 5.77. The average Bonchev–Trinajstić information content (AvgIpc) is 2.91. The fourth-order valence-electron chi connectivity index (χ4n) is 1.53. The number of aromatic nitrogens is 1. The van der Waals surface area contributed by atoms with Crippen LogP contribution in [0.25, 0.3) is 0 Å². The van der Waals surface area contributed by atoms with Gasteiger partial charge in [-0.1, -0.05) is 25.9 Å². The van der Waals surface area contributed by atoms with Crippen LogP contribution in [0.1, 0.15) is 39.3 Å². The number of aliphatic hydroxyl groups is 1. The number of nitrogens with one attached hydrogen (secondary N) is 1. The van der Waals surface area contributed by atoms with E-state index in [4.69, 9.17) is 4.52 Å². The lowest BCUT2D eigenvalue weighted by Crippen LogP contribution is -2.27. The first-order valence-corrected chi connectivity index (χ1v) is 5.77. The Morgan fingerprint density at radius 3 is 2.71 bits per heavy atom. The molecule has 1 saturated carbocycles. The van der Waals surface area contributed by atoms with Crippen molar-refractivity contribution < 1.29 is 14.4 Å². The first kappa shape index (κ1) is 12.1. The van der Waals surface area contributed by atoms with Gasteiger partial charge in [0.1, 0.15) is 0 Å². The van der Waals surface area contributed by atoms with Gasteiger partial charge < -0.3 is 9.63 Å². The third kappa shape index (κ3) is 2.34. The second-order valence-electron chi connectivity index (χ2n) is 5.72. The summed E-state index contributed by atoms with van der Waals surface area (Å²) < 4.78 is 5.07. The van der Waals surface area contributed by atoms with Crippen LogP contribution >= 0.6 is 0 Å². The van der Waals surface area contributed by atoms with E-state index in [0.717, 1.165) is 18.5 Å². The Hall–Kier alpha value is -1.36. The molecule has 0 aromatic carbocycles. The molecule has 0 atom stereocenters. The molecule has 0 aliphatic heterocycles. The van der Waals surface area contributed by atoms with Gasteiger partial charge in [0.05, 0.1) is 12.3 Å². The molecule has 1 heterocycles. The van der Waals surface area contributed by atoms with E-state index < -0.39 is 5.41 Å². The summed E-state index contributed by atoms with van der Waals surface area (Å²) in [5.74, 6) is 0.230. The molecule has 94 valence electrons. The van der Waals surface area contributed by atoms with Crippen molar-refractivity contribution in [1.82, 2.24) is 5.16 Å². The minimum absolute atomic E-state index is 0.0756. The van der Waals surface area contributed by atoms with E-state index >= 15 is 0 Å². The van der Waals surface area contributed by atoms with Crippen LogP contribution in [-0.2, 0) is 10.2 Å². The number of aliphatic hydroxyl groups excluding tert-OH is 1. The molecule has 1 amide bonds. The smallest absolute Gasteiger partial charge is 0.232 e. The van der Waals surface area contributed by atoms with Crippen LogP contribution in [0.15, 0.2) is 10.6 Å². The molecular formula is C12H18N2O3. The lowest BCUT2D eigenvalue weighted by Gasteiger charge is -2.15. The van der Waals surface area contributed by atoms with Gasteiger partial charge in [0, 0.05) is 16.9 Å². The Balaban J connectivity index is 2.07. The van der Waals surface area contributed by atoms with Gasteiger partial charge >= 0.3 is 0 Å². The topological polar surface area (TPSA) is 75.4 Å². The van der Waals surface area contributed by atoms with Crippen molar-refractivity contribution in [2.24, 2.45) is 5.41 Å². The summed E-state index contributed by atoms with van der Waals surface area (Å²) in [5.41, 5.74) is 0.0271. The fraction of sp³-hybridized carbons (Fsp3) is 0.667. The predicted octanol–water partition coefficient (Wildman–Crippen LogP) is 1.68. The lowest BCUT2D eigenvalue weighted by atomic mass is 9.96. The van der Waals surface area contributed by atoms with Crippen molar-refractivity contribution >= 4 is 11.8 Å². The summed E-state index contributed by atoms with van der Waals surface area (Å²) in [7, 11) is 0. The molecule has 17 heavy (non-hydrogen) atoms. The summed E-state index contributed by atoms with van der Waals surface area (Å²) >= 11 is 0. The fourth-order valence-corrected chi connectivity index (χ4v) is 1.53. The molecule has 5 nitrogen and oxygen atoms in total. The van der Waals surface area contributed by atoms with Crippen LogP contribution in [0, 0.1) is 5.41 Å². The summed E-state index contributed by atoms with van der Waals surface area (Å²) in [5, 5.41) is 15.8. The van der Waals surface area contributed by atoms with E-state index in [1.165, 1.54) is 0 Å². The predicted molar refractivity (Wildman–Crippen MR) is 62.6 cm³/mol. The van der Waals surface area contributed by atoms with Gasteiger partial charge in [-0.25, -0.2) is 0 Å². The summed E-state index contributed by atoms with van der Waals surface area (Å²) in [4.78, 5) is 11.7. The van der Waals surface area contributed by atoms with Crippen molar-refractivity contribution in [1.29, 1.82) is 0 Å². The maximum atomic E-state index is 11.7. The Kier molecular flexibility index (Phi) is 2.73. The number of carbonyl (C=O) groups is 1. The summed E-state index contributed by atoms with van der Waals surface area (Å²) in [6, 6.07) is 1.70. The minimum Gasteiger partial charge on any atom is -0.395 e. The SMILES string of the molecule is CC(C)(C)C(=O)Nc1cc(C2(CO)CC2)no1. The van der Waals surface area contributed by atoms with E-state index in [0.29, 0.717) is 5.88 Å². The molecule has 1 fully saturated rings. The zero-order chi connectivity index (χ0) is 12.7. The van der Waals surface area contributed by atoms with E-state index in [1.807, 2.05) is 20.8 Å². The van der Waals surface area contributed by atoms with Crippen molar-refractivity contribution in [3.8, 4) is 0 Å². The van der Waals surface area contributed by atoms with Crippen molar-refractivity contribution in [3.05, 3.63) is 11.8 Å². The van der Waals surface area contributed by atoms with Gasteiger partial charge in [0.15, 0.2) is 0 Å². The number of hydrogen-bond donors (Lipinski definition) is 2. The molecule has 5 heteroatoms. The van der Waals surface area contributed by atoms with E-state index in [-0.39, 0.29) is 17.9 Å². The highest BCUT2D eigenvalue weighted by molar-refractivity contribution is 5.93. The van der Waals surface area contributed by atoms with Crippen LogP contribution < -0.4 is 5.32 Å². The van der Waals surface area contributed by atoms with Crippen LogP contribution in [-0.4, -0.2) is 22.8 Å². The third-order valence-electron chi connectivity index (χ3n) is 3.13. The number of hydrogen-bond acceptors (Lipinski definition) is 4. The number of rotatable bonds is 3. The average molecular weight is 238 g/mol. The summed E-state index contributed by atoms with van der Waals surface area (Å²) in [6.07, 6.45) is 1.84. The van der Waals surface area contributed by atoms with E-state index in [2.05, 4.69) is 10.5 Å². The van der Waals surface area contributed by atoms with Gasteiger partial charge in [0.2, 0.25) is 11.8 Å². The third-order valence-corrected chi connectivity index (χ3v) is 3.13. The van der Waals surface area contributed by atoms with E-state index in [9.17, 15) is 9.90 Å². The van der Waals surface area contributed by atoms with Crippen LogP contribution in [0.2, 0.25) is 0 Å². The van der Waals surface area contributed by atoms with Gasteiger partial charge in [-0.05, 0) is 12.8 Å². The quantitative estimate of drug-likeness (QED) is 0.840. The van der Waals surface area contributed by atoms with Crippen LogP contribution in [0.3, 0.4) is 0 Å². The second kappa shape index (κ2) is 3.84. The second-order valence-corrected chi connectivity index (χ2v) is 5.72. The maximum Gasteiger partial charge on any atom is 0.232 e. The molecule has 0 unspecified atom stereocenters. The highest BCUT2D eigenvalue weighted by Gasteiger charge is 2.46. The zero-order valence-corrected chi connectivity index (χ0v) is 10.4. The van der Waals surface area contributed by atoms with Gasteiger partial charge in [-0.2, -0.15) is 0 Å². The molecular weight excluding hydrogens is 220 g/mol. The maximum absolute atomic E-state index is 11.7. The molecule has 1 aliphatic rings. The van der Waals surface area contributed by atoms with Crippen LogP contribution in [0.4, 0.5) is 5.88 Å². The molecule has 2 N–H and O–H groups in total. The number of amides is 1. The van der Waals surface area contributed by atoms with Crippen LogP contribution in [0.5, 0.6) is 0 Å². The standard InChI is InChI=1S/C12H18N2O3/c1-11(2,3)10(16)13-9-6-8(14-17-9)12(7-15)4-5-12/h6,15H,4-5,7H2,1-3H3,(H,13,16). The summed E-state index contributed by atoms with van der Waals surface area (Å²) in [6.45, 7) is 5.56. The molecule has 1 aromatic rings. The molecule has 1 aromatic heterocycles. The molecule has 0 spiro atoms. The molecule has 2 rings (SSSR count). The molecule has 0 saturated heterocycles.